The van der Waals surface area contributed by atoms with E-state index in [4.69, 9.17) is 4.74 Å². The van der Waals surface area contributed by atoms with Crippen molar-refractivity contribution in [1.29, 1.82) is 0 Å². The number of carbonyl (C=O) groups excluding carboxylic acids is 2. The van der Waals surface area contributed by atoms with Gasteiger partial charge >= 0.3 is 0 Å². The standard InChI is InChI=1S/C18H22N2O3/c21-17(13-8-9-13)20-12-16(18(22)19-10-4-1-5-11-19)23-15-7-3-2-6-14(15)20/h2-3,6-7,13,16H,1,4-5,8-12H2/t16-/m1/s1. The Balaban J connectivity index is 1.58. The van der Waals surface area contributed by atoms with Crippen LogP contribution in [0.4, 0.5) is 5.69 Å². The largest absolute Gasteiger partial charge is 0.476 e. The number of amides is 2. The monoisotopic (exact) mass is 314 g/mol. The van der Waals surface area contributed by atoms with Crippen molar-refractivity contribution in [3.63, 3.8) is 0 Å². The van der Waals surface area contributed by atoms with E-state index in [-0.39, 0.29) is 17.7 Å². The summed E-state index contributed by atoms with van der Waals surface area (Å²) in [5.41, 5.74) is 0.798. The van der Waals surface area contributed by atoms with Crippen LogP contribution in [0.15, 0.2) is 24.3 Å². The van der Waals surface area contributed by atoms with Crippen LogP contribution in [0.25, 0.3) is 0 Å². The van der Waals surface area contributed by atoms with Crippen molar-refractivity contribution < 1.29 is 14.3 Å². The Bertz CT molecular complexity index is 620. The molecule has 1 saturated carbocycles. The lowest BCUT2D eigenvalue weighted by Gasteiger charge is -2.37. The highest BCUT2D eigenvalue weighted by Gasteiger charge is 2.40. The Kier molecular flexibility index (Phi) is 3.71. The third-order valence-corrected chi connectivity index (χ3v) is 4.91. The molecule has 5 heteroatoms. The van der Waals surface area contributed by atoms with Gasteiger partial charge in [0.05, 0.1) is 12.2 Å². The Morgan fingerprint density at radius 3 is 2.48 bits per heavy atom. The number of benzene rings is 1. The molecular weight excluding hydrogens is 292 g/mol. The summed E-state index contributed by atoms with van der Waals surface area (Å²) in [6, 6.07) is 7.53. The number of carbonyl (C=O) groups is 2. The Morgan fingerprint density at radius 2 is 1.74 bits per heavy atom. The first-order valence-corrected chi connectivity index (χ1v) is 8.60. The van der Waals surface area contributed by atoms with Gasteiger partial charge in [0.2, 0.25) is 5.91 Å². The number of hydrogen-bond acceptors (Lipinski definition) is 3. The molecule has 1 atom stereocenters. The zero-order chi connectivity index (χ0) is 15.8. The topological polar surface area (TPSA) is 49.9 Å². The third-order valence-electron chi connectivity index (χ3n) is 4.91. The van der Waals surface area contributed by atoms with Gasteiger partial charge in [-0.25, -0.2) is 0 Å². The Labute approximate surface area is 136 Å². The zero-order valence-corrected chi connectivity index (χ0v) is 13.2. The Morgan fingerprint density at radius 1 is 1.00 bits per heavy atom. The normalized spacial score (nSPS) is 23.9. The highest BCUT2D eigenvalue weighted by atomic mass is 16.5. The molecule has 1 aromatic rings. The molecule has 122 valence electrons. The van der Waals surface area contributed by atoms with Gasteiger partial charge in [-0.1, -0.05) is 12.1 Å². The first kappa shape index (κ1) is 14.5. The van der Waals surface area contributed by atoms with Gasteiger partial charge in [0.25, 0.3) is 5.91 Å². The number of nitrogens with zero attached hydrogens (tertiary/aromatic N) is 2. The SMILES string of the molecule is O=C([C@H]1CN(C(=O)C2CC2)c2ccccc2O1)N1CCCCC1. The summed E-state index contributed by atoms with van der Waals surface area (Å²) in [6.45, 7) is 1.94. The van der Waals surface area contributed by atoms with E-state index in [1.54, 1.807) is 4.90 Å². The van der Waals surface area contributed by atoms with Crippen LogP contribution in [0, 0.1) is 5.92 Å². The van der Waals surface area contributed by atoms with Crippen LogP contribution in [0.5, 0.6) is 5.75 Å². The number of hydrogen-bond donors (Lipinski definition) is 0. The second-order valence-electron chi connectivity index (χ2n) is 6.68. The van der Waals surface area contributed by atoms with E-state index in [2.05, 4.69) is 0 Å². The second-order valence-corrected chi connectivity index (χ2v) is 6.68. The van der Waals surface area contributed by atoms with Gasteiger partial charge in [0.15, 0.2) is 6.10 Å². The average molecular weight is 314 g/mol. The van der Waals surface area contributed by atoms with E-state index in [9.17, 15) is 9.59 Å². The maximum atomic E-state index is 12.8. The number of para-hydroxylation sites is 2. The summed E-state index contributed by atoms with van der Waals surface area (Å²) in [5, 5.41) is 0. The van der Waals surface area contributed by atoms with Crippen molar-refractivity contribution in [2.24, 2.45) is 5.92 Å². The number of likely N-dealkylation sites (tertiary alicyclic amines) is 1. The molecule has 0 spiro atoms. The second kappa shape index (κ2) is 5.87. The zero-order valence-electron chi connectivity index (χ0n) is 13.2. The molecule has 1 aliphatic carbocycles. The minimum Gasteiger partial charge on any atom is -0.476 e. The van der Waals surface area contributed by atoms with Gasteiger partial charge in [-0.05, 0) is 44.2 Å². The van der Waals surface area contributed by atoms with Crippen LogP contribution < -0.4 is 9.64 Å². The fourth-order valence-corrected chi connectivity index (χ4v) is 3.44. The predicted molar refractivity (Wildman–Crippen MR) is 86.4 cm³/mol. The summed E-state index contributed by atoms with van der Waals surface area (Å²) in [5.74, 6) is 0.931. The summed E-state index contributed by atoms with van der Waals surface area (Å²) >= 11 is 0. The lowest BCUT2D eigenvalue weighted by atomic mass is 10.1. The molecule has 2 amide bonds. The van der Waals surface area contributed by atoms with Crippen molar-refractivity contribution >= 4 is 17.5 Å². The smallest absolute Gasteiger partial charge is 0.265 e. The lowest BCUT2D eigenvalue weighted by Crippen LogP contribution is -2.53. The Hall–Kier alpha value is -2.04. The number of rotatable bonds is 2. The van der Waals surface area contributed by atoms with Crippen molar-refractivity contribution in [2.75, 3.05) is 24.5 Å². The van der Waals surface area contributed by atoms with Crippen molar-refractivity contribution in [2.45, 2.75) is 38.2 Å². The molecule has 3 aliphatic rings. The van der Waals surface area contributed by atoms with Crippen LogP contribution in [0.3, 0.4) is 0 Å². The third kappa shape index (κ3) is 2.80. The van der Waals surface area contributed by atoms with Crippen LogP contribution in [-0.2, 0) is 9.59 Å². The summed E-state index contributed by atoms with van der Waals surface area (Å²) in [6.07, 6.45) is 4.64. The quantitative estimate of drug-likeness (QED) is 0.841. The maximum Gasteiger partial charge on any atom is 0.265 e. The highest BCUT2D eigenvalue weighted by Crippen LogP contribution is 2.38. The van der Waals surface area contributed by atoms with Gasteiger partial charge in [0, 0.05) is 19.0 Å². The van der Waals surface area contributed by atoms with Gasteiger partial charge in [-0.2, -0.15) is 0 Å². The van der Waals surface area contributed by atoms with Gasteiger partial charge in [-0.3, -0.25) is 9.59 Å². The van der Waals surface area contributed by atoms with Crippen LogP contribution in [0.1, 0.15) is 32.1 Å². The average Bonchev–Trinajstić information content (AvgIpc) is 3.45. The molecule has 0 unspecified atom stereocenters. The minimum absolute atomic E-state index is 0.0211. The minimum atomic E-state index is -0.578. The predicted octanol–water partition coefficient (Wildman–Crippen LogP) is 2.20. The van der Waals surface area contributed by atoms with Crippen LogP contribution in [-0.4, -0.2) is 42.5 Å². The number of fused-ring (bicyclic) bond motifs is 1. The van der Waals surface area contributed by atoms with Crippen molar-refractivity contribution in [1.82, 2.24) is 4.90 Å². The summed E-state index contributed by atoms with van der Waals surface area (Å²) < 4.78 is 5.94. The molecule has 4 rings (SSSR count). The van der Waals surface area contributed by atoms with E-state index >= 15 is 0 Å². The molecular formula is C18H22N2O3. The van der Waals surface area contributed by atoms with E-state index in [1.807, 2.05) is 29.2 Å². The molecule has 23 heavy (non-hydrogen) atoms. The number of ether oxygens (including phenoxy) is 1. The maximum absolute atomic E-state index is 12.8. The molecule has 2 aliphatic heterocycles. The molecule has 5 nitrogen and oxygen atoms in total. The fraction of sp³-hybridized carbons (Fsp3) is 0.556. The van der Waals surface area contributed by atoms with Crippen LogP contribution in [0.2, 0.25) is 0 Å². The fourth-order valence-electron chi connectivity index (χ4n) is 3.44. The lowest BCUT2D eigenvalue weighted by molar-refractivity contribution is -0.139. The van der Waals surface area contributed by atoms with E-state index in [1.165, 1.54) is 6.42 Å². The summed E-state index contributed by atoms with van der Waals surface area (Å²) in [7, 11) is 0. The first-order valence-electron chi connectivity index (χ1n) is 8.60. The molecule has 0 N–H and O–H groups in total. The molecule has 2 fully saturated rings. The highest BCUT2D eigenvalue weighted by molar-refractivity contribution is 5.99. The van der Waals surface area contributed by atoms with Crippen molar-refractivity contribution in [3.05, 3.63) is 24.3 Å². The number of anilines is 1. The molecule has 0 bridgehead atoms. The first-order chi connectivity index (χ1) is 11.2. The van der Waals surface area contributed by atoms with Gasteiger partial charge < -0.3 is 14.5 Å². The van der Waals surface area contributed by atoms with E-state index in [0.29, 0.717) is 12.3 Å². The van der Waals surface area contributed by atoms with Crippen molar-refractivity contribution in [3.8, 4) is 5.75 Å². The van der Waals surface area contributed by atoms with Crippen LogP contribution >= 0.6 is 0 Å². The summed E-state index contributed by atoms with van der Waals surface area (Å²) in [4.78, 5) is 29.1. The van der Waals surface area contributed by atoms with E-state index < -0.39 is 6.10 Å². The molecule has 0 aromatic heterocycles. The number of piperidine rings is 1. The van der Waals surface area contributed by atoms with Gasteiger partial charge in [-0.15, -0.1) is 0 Å². The molecule has 0 radical (unpaired) electrons. The molecule has 1 saturated heterocycles. The van der Waals surface area contributed by atoms with Gasteiger partial charge in [0.1, 0.15) is 5.75 Å². The molecule has 1 aromatic carbocycles. The van der Waals surface area contributed by atoms with E-state index in [0.717, 1.165) is 44.5 Å². The molecule has 2 heterocycles.